The van der Waals surface area contributed by atoms with Gasteiger partial charge in [-0.25, -0.2) is 15.0 Å². The van der Waals surface area contributed by atoms with E-state index in [0.29, 0.717) is 5.82 Å². The molecule has 20 heavy (non-hydrogen) atoms. The molecule has 0 aliphatic carbocycles. The van der Waals surface area contributed by atoms with Gasteiger partial charge in [0.2, 0.25) is 0 Å². The first-order valence-electron chi connectivity index (χ1n) is 6.38. The maximum atomic E-state index is 5.96. The number of nitrogens with one attached hydrogen (secondary N) is 1. The summed E-state index contributed by atoms with van der Waals surface area (Å²) in [6.07, 6.45) is 1.49. The number of hydrogen-bond acceptors (Lipinski definition) is 5. The third kappa shape index (κ3) is 2.34. The van der Waals surface area contributed by atoms with E-state index in [9.17, 15) is 0 Å². The number of hydrogen-bond donors (Lipinski definition) is 2. The van der Waals surface area contributed by atoms with Gasteiger partial charge < -0.3 is 10.7 Å². The zero-order valence-corrected chi connectivity index (χ0v) is 12.1. The van der Waals surface area contributed by atoms with E-state index in [2.05, 4.69) is 33.8 Å². The topological polar surface area (TPSA) is 80.5 Å². The van der Waals surface area contributed by atoms with Crippen molar-refractivity contribution >= 4 is 28.6 Å². The van der Waals surface area contributed by atoms with Crippen molar-refractivity contribution in [2.75, 3.05) is 5.73 Å². The van der Waals surface area contributed by atoms with E-state index in [0.717, 1.165) is 26.8 Å². The molecule has 102 valence electrons. The predicted molar refractivity (Wildman–Crippen MR) is 80.8 cm³/mol. The lowest BCUT2D eigenvalue weighted by Gasteiger charge is -2.11. The van der Waals surface area contributed by atoms with Crippen molar-refractivity contribution in [3.05, 3.63) is 36.2 Å². The van der Waals surface area contributed by atoms with Crippen molar-refractivity contribution < 1.29 is 0 Å². The Bertz CT molecular complexity index is 717. The van der Waals surface area contributed by atoms with Gasteiger partial charge in [0, 0.05) is 5.56 Å². The molecule has 5 nitrogen and oxygen atoms in total. The molecular weight excluding hydrogens is 270 g/mol. The fourth-order valence-electron chi connectivity index (χ4n) is 2.09. The molecule has 3 N–H and O–H groups in total. The number of aromatic nitrogens is 4. The van der Waals surface area contributed by atoms with Crippen molar-refractivity contribution in [2.45, 2.75) is 29.9 Å². The SMILES string of the molecule is CC(C)c1c(N)ncnc1Sc1nc2ccccc2[nH]1. The lowest BCUT2D eigenvalue weighted by molar-refractivity contribution is 0.807. The number of anilines is 1. The highest BCUT2D eigenvalue weighted by Crippen LogP contribution is 2.33. The van der Waals surface area contributed by atoms with E-state index in [1.54, 1.807) is 0 Å². The van der Waals surface area contributed by atoms with Crippen LogP contribution in [0.15, 0.2) is 40.8 Å². The minimum absolute atomic E-state index is 0.267. The first-order valence-corrected chi connectivity index (χ1v) is 7.19. The monoisotopic (exact) mass is 285 g/mol. The zero-order valence-electron chi connectivity index (χ0n) is 11.3. The largest absolute Gasteiger partial charge is 0.383 e. The van der Waals surface area contributed by atoms with Gasteiger partial charge in [0.25, 0.3) is 0 Å². The highest BCUT2D eigenvalue weighted by atomic mass is 32.2. The molecule has 0 amide bonds. The van der Waals surface area contributed by atoms with Gasteiger partial charge in [-0.05, 0) is 29.8 Å². The van der Waals surface area contributed by atoms with Crippen molar-refractivity contribution in [1.29, 1.82) is 0 Å². The number of nitrogen functional groups attached to an aromatic ring is 1. The van der Waals surface area contributed by atoms with E-state index in [4.69, 9.17) is 5.73 Å². The van der Waals surface area contributed by atoms with Crippen LogP contribution < -0.4 is 5.73 Å². The number of nitrogens with zero attached hydrogens (tertiary/aromatic N) is 3. The van der Waals surface area contributed by atoms with E-state index in [-0.39, 0.29) is 5.92 Å². The minimum atomic E-state index is 0.267. The van der Waals surface area contributed by atoms with Crippen LogP contribution in [-0.2, 0) is 0 Å². The Morgan fingerprint density at radius 2 is 2.00 bits per heavy atom. The molecule has 3 rings (SSSR count). The minimum Gasteiger partial charge on any atom is -0.383 e. The van der Waals surface area contributed by atoms with Crippen LogP contribution in [0.4, 0.5) is 5.82 Å². The van der Waals surface area contributed by atoms with Gasteiger partial charge in [0.05, 0.1) is 11.0 Å². The third-order valence-electron chi connectivity index (χ3n) is 3.02. The number of benzene rings is 1. The lowest BCUT2D eigenvalue weighted by atomic mass is 10.1. The molecule has 3 aromatic rings. The molecule has 0 saturated carbocycles. The molecule has 0 unspecified atom stereocenters. The second-order valence-electron chi connectivity index (χ2n) is 4.79. The fraction of sp³-hybridized carbons (Fsp3) is 0.214. The highest BCUT2D eigenvalue weighted by Gasteiger charge is 2.15. The number of rotatable bonds is 3. The highest BCUT2D eigenvalue weighted by molar-refractivity contribution is 7.99. The average Bonchev–Trinajstić information content (AvgIpc) is 2.80. The van der Waals surface area contributed by atoms with Gasteiger partial charge in [0.1, 0.15) is 17.2 Å². The number of nitrogens with two attached hydrogens (primary N) is 1. The Hall–Kier alpha value is -2.08. The Morgan fingerprint density at radius 1 is 1.20 bits per heavy atom. The Kier molecular flexibility index (Phi) is 3.31. The molecule has 0 saturated heterocycles. The molecule has 0 fully saturated rings. The van der Waals surface area contributed by atoms with Crippen molar-refractivity contribution in [3.63, 3.8) is 0 Å². The summed E-state index contributed by atoms with van der Waals surface area (Å²) in [6.45, 7) is 4.16. The quantitative estimate of drug-likeness (QED) is 0.722. The fourth-order valence-corrected chi connectivity index (χ4v) is 3.12. The molecule has 0 spiro atoms. The van der Waals surface area contributed by atoms with Gasteiger partial charge in [-0.2, -0.15) is 0 Å². The van der Waals surface area contributed by atoms with Crippen LogP contribution in [0.3, 0.4) is 0 Å². The van der Waals surface area contributed by atoms with Gasteiger partial charge in [0.15, 0.2) is 5.16 Å². The first-order chi connectivity index (χ1) is 9.65. The van der Waals surface area contributed by atoms with Crippen molar-refractivity contribution in [3.8, 4) is 0 Å². The van der Waals surface area contributed by atoms with E-state index in [1.807, 2.05) is 24.3 Å². The summed E-state index contributed by atoms with van der Waals surface area (Å²) in [4.78, 5) is 16.2. The van der Waals surface area contributed by atoms with Crippen LogP contribution in [0, 0.1) is 0 Å². The van der Waals surface area contributed by atoms with Gasteiger partial charge in [-0.1, -0.05) is 26.0 Å². The maximum absolute atomic E-state index is 5.96. The summed E-state index contributed by atoms with van der Waals surface area (Å²) in [7, 11) is 0. The summed E-state index contributed by atoms with van der Waals surface area (Å²) < 4.78 is 0. The van der Waals surface area contributed by atoms with E-state index < -0.39 is 0 Å². The second-order valence-corrected chi connectivity index (χ2v) is 5.77. The van der Waals surface area contributed by atoms with Crippen molar-refractivity contribution in [2.24, 2.45) is 0 Å². The summed E-state index contributed by atoms with van der Waals surface area (Å²) in [5.41, 5.74) is 8.89. The Balaban J connectivity index is 2.00. The molecular formula is C14H15N5S. The molecule has 0 radical (unpaired) electrons. The maximum Gasteiger partial charge on any atom is 0.172 e. The number of aromatic amines is 1. The average molecular weight is 285 g/mol. The van der Waals surface area contributed by atoms with Crippen LogP contribution >= 0.6 is 11.8 Å². The molecule has 0 atom stereocenters. The first kappa shape index (κ1) is 12.9. The number of H-pyrrole nitrogens is 1. The molecule has 0 aliphatic heterocycles. The lowest BCUT2D eigenvalue weighted by Crippen LogP contribution is -2.03. The second kappa shape index (κ2) is 5.13. The predicted octanol–water partition coefficient (Wildman–Crippen LogP) is 3.21. The normalized spacial score (nSPS) is 11.3. The molecule has 0 aliphatic rings. The van der Waals surface area contributed by atoms with Crippen LogP contribution in [0.25, 0.3) is 11.0 Å². The molecule has 0 bridgehead atoms. The smallest absolute Gasteiger partial charge is 0.172 e. The van der Waals surface area contributed by atoms with E-state index >= 15 is 0 Å². The van der Waals surface area contributed by atoms with Crippen LogP contribution in [0.2, 0.25) is 0 Å². The number of para-hydroxylation sites is 2. The van der Waals surface area contributed by atoms with Gasteiger partial charge >= 0.3 is 0 Å². The number of imidazole rings is 1. The van der Waals surface area contributed by atoms with E-state index in [1.165, 1.54) is 18.1 Å². The molecule has 6 heteroatoms. The summed E-state index contributed by atoms with van der Waals surface area (Å²) in [5.74, 6) is 0.802. The summed E-state index contributed by atoms with van der Waals surface area (Å²) in [6, 6.07) is 7.94. The standard InChI is InChI=1S/C14H15N5S/c1-8(2)11-12(15)16-7-17-13(11)20-14-18-9-5-3-4-6-10(9)19-14/h3-8H,1-2H3,(H,18,19)(H2,15,16,17). The van der Waals surface area contributed by atoms with Gasteiger partial charge in [-0.15, -0.1) is 0 Å². The summed E-state index contributed by atoms with van der Waals surface area (Å²) in [5, 5.41) is 1.66. The molecule has 1 aromatic carbocycles. The van der Waals surface area contributed by atoms with Crippen LogP contribution in [0.5, 0.6) is 0 Å². The van der Waals surface area contributed by atoms with Crippen LogP contribution in [0.1, 0.15) is 25.3 Å². The van der Waals surface area contributed by atoms with Crippen molar-refractivity contribution in [1.82, 2.24) is 19.9 Å². The third-order valence-corrected chi connectivity index (χ3v) is 3.92. The molecule has 2 heterocycles. The molecule has 2 aromatic heterocycles. The zero-order chi connectivity index (χ0) is 14.1. The Morgan fingerprint density at radius 3 is 2.75 bits per heavy atom. The summed E-state index contributed by atoms with van der Waals surface area (Å²) >= 11 is 1.48. The van der Waals surface area contributed by atoms with Crippen LogP contribution in [-0.4, -0.2) is 19.9 Å². The number of fused-ring (bicyclic) bond motifs is 1. The Labute approximate surface area is 121 Å². The van der Waals surface area contributed by atoms with Gasteiger partial charge in [-0.3, -0.25) is 0 Å².